The van der Waals surface area contributed by atoms with Gasteiger partial charge in [-0.1, -0.05) is 0 Å². The fourth-order valence-electron chi connectivity index (χ4n) is 3.40. The van der Waals surface area contributed by atoms with Crippen LogP contribution in [0.1, 0.15) is 37.2 Å². The van der Waals surface area contributed by atoms with Gasteiger partial charge in [-0.3, -0.25) is 9.89 Å². The number of aromatic nitrogens is 2. The molecule has 2 fully saturated rings. The van der Waals surface area contributed by atoms with Crippen LogP contribution in [0.3, 0.4) is 0 Å². The second-order valence-electron chi connectivity index (χ2n) is 8.85. The highest BCUT2D eigenvalue weighted by Gasteiger charge is 2.44. The molecule has 1 aromatic heterocycles. The number of carbonyl (C=O) groups excluding carboxylic acids is 1. The van der Waals surface area contributed by atoms with Crippen LogP contribution in [-0.4, -0.2) is 118 Å². The predicted octanol–water partition coefficient (Wildman–Crippen LogP) is 2.41. The third-order valence-corrected chi connectivity index (χ3v) is 5.56. The zero-order chi connectivity index (χ0) is 29.3. The van der Waals surface area contributed by atoms with E-state index < -0.39 is 24.3 Å². The van der Waals surface area contributed by atoms with Gasteiger partial charge >= 0.3 is 24.3 Å². The van der Waals surface area contributed by atoms with Gasteiger partial charge in [-0.05, 0) is 39.8 Å². The van der Waals surface area contributed by atoms with Crippen LogP contribution in [0.15, 0.2) is 12.3 Å². The van der Waals surface area contributed by atoms with Gasteiger partial charge in [-0.25, -0.2) is 9.59 Å². The zero-order valence-corrected chi connectivity index (χ0v) is 20.8. The first kappa shape index (κ1) is 33.1. The van der Waals surface area contributed by atoms with E-state index in [4.69, 9.17) is 29.3 Å². The molecule has 2 aliphatic rings. The van der Waals surface area contributed by atoms with E-state index >= 15 is 0 Å². The Morgan fingerprint density at radius 1 is 1.18 bits per heavy atom. The molecule has 218 valence electrons. The molecule has 11 nitrogen and oxygen atoms in total. The Morgan fingerprint density at radius 2 is 1.74 bits per heavy atom. The molecule has 2 saturated heterocycles. The molecule has 0 radical (unpaired) electrons. The van der Waals surface area contributed by atoms with Crippen LogP contribution < -0.4 is 0 Å². The Kier molecular flexibility index (Phi) is 12.0. The molecule has 2 atom stereocenters. The first-order chi connectivity index (χ1) is 17.4. The van der Waals surface area contributed by atoms with E-state index in [1.165, 1.54) is 0 Å². The third kappa shape index (κ3) is 10.8. The van der Waals surface area contributed by atoms with Crippen molar-refractivity contribution in [2.45, 2.75) is 56.8 Å². The molecular weight excluding hydrogens is 534 g/mol. The topological polar surface area (TPSA) is 145 Å². The first-order valence-corrected chi connectivity index (χ1v) is 11.2. The van der Waals surface area contributed by atoms with Crippen molar-refractivity contribution >= 4 is 17.8 Å². The lowest BCUT2D eigenvalue weighted by Crippen LogP contribution is -2.47. The summed E-state index contributed by atoms with van der Waals surface area (Å²) >= 11 is 0. The van der Waals surface area contributed by atoms with Crippen LogP contribution in [0.4, 0.5) is 26.3 Å². The fraction of sp³-hybridized carbons (Fsp3) is 0.714. The minimum absolute atomic E-state index is 0.0382. The number of H-pyrrole nitrogens is 1. The lowest BCUT2D eigenvalue weighted by Gasteiger charge is -2.32. The lowest BCUT2D eigenvalue weighted by atomic mass is 10.00. The molecule has 2 aliphatic heterocycles. The number of nitrogens with one attached hydrogen (secondary N) is 1. The molecule has 3 rings (SSSR count). The molecular formula is C21H30F6N4O7. The second-order valence-corrected chi connectivity index (χ2v) is 8.85. The number of carboxylic acid groups (broad SMARTS) is 2. The Balaban J connectivity index is 0.000000426. The van der Waals surface area contributed by atoms with Gasteiger partial charge in [-0.15, -0.1) is 0 Å². The molecule has 17 heteroatoms. The lowest BCUT2D eigenvalue weighted by molar-refractivity contribution is -0.193. The van der Waals surface area contributed by atoms with Crippen molar-refractivity contribution in [3.8, 4) is 0 Å². The maximum atomic E-state index is 12.6. The van der Waals surface area contributed by atoms with Gasteiger partial charge in [0, 0.05) is 25.3 Å². The monoisotopic (exact) mass is 564 g/mol. The molecule has 38 heavy (non-hydrogen) atoms. The maximum Gasteiger partial charge on any atom is 0.490 e. The standard InChI is InChI=1S/C17H28N4O3.2C2HF3O2/c1-13(2)20(3)10-14-4-6-17(24-14)11-21(8-9-23-12-17)16(22)15-5-7-18-19-15;2*3-2(4,5)1(6)7/h5,7,13-14H,4,6,8-12H2,1-3H3,(H,18,19);2*(H,6,7). The van der Waals surface area contributed by atoms with Crippen LogP contribution in [0.5, 0.6) is 0 Å². The summed E-state index contributed by atoms with van der Waals surface area (Å²) in [6.07, 6.45) is -6.44. The predicted molar refractivity (Wildman–Crippen MR) is 117 cm³/mol. The van der Waals surface area contributed by atoms with Crippen molar-refractivity contribution in [3.05, 3.63) is 18.0 Å². The number of carbonyl (C=O) groups is 3. The second kappa shape index (κ2) is 13.7. The Hall–Kier alpha value is -2.92. The number of hydrogen-bond donors (Lipinski definition) is 3. The zero-order valence-electron chi connectivity index (χ0n) is 20.8. The summed E-state index contributed by atoms with van der Waals surface area (Å²) in [7, 11) is 2.12. The molecule has 0 bridgehead atoms. The van der Waals surface area contributed by atoms with Crippen LogP contribution in [0.2, 0.25) is 0 Å². The minimum Gasteiger partial charge on any atom is -0.475 e. The summed E-state index contributed by atoms with van der Waals surface area (Å²) < 4.78 is 75.6. The van der Waals surface area contributed by atoms with E-state index in [1.54, 1.807) is 12.3 Å². The van der Waals surface area contributed by atoms with Crippen LogP contribution in [0, 0.1) is 0 Å². The summed E-state index contributed by atoms with van der Waals surface area (Å²) in [6, 6.07) is 2.20. The van der Waals surface area contributed by atoms with Gasteiger partial charge in [0.1, 0.15) is 11.3 Å². The smallest absolute Gasteiger partial charge is 0.475 e. The van der Waals surface area contributed by atoms with E-state index in [9.17, 15) is 31.1 Å². The highest BCUT2D eigenvalue weighted by atomic mass is 19.4. The van der Waals surface area contributed by atoms with Gasteiger partial charge in [0.15, 0.2) is 0 Å². The molecule has 0 aromatic carbocycles. The largest absolute Gasteiger partial charge is 0.490 e. The van der Waals surface area contributed by atoms with Crippen molar-refractivity contribution in [3.63, 3.8) is 0 Å². The van der Waals surface area contributed by atoms with Crippen LogP contribution in [-0.2, 0) is 19.1 Å². The van der Waals surface area contributed by atoms with Crippen molar-refractivity contribution in [2.24, 2.45) is 0 Å². The number of nitrogens with zero attached hydrogens (tertiary/aromatic N) is 3. The van der Waals surface area contributed by atoms with Gasteiger partial charge in [0.2, 0.25) is 0 Å². The third-order valence-electron chi connectivity index (χ3n) is 5.56. The molecule has 1 amide bonds. The quantitative estimate of drug-likeness (QED) is 0.470. The number of carboxylic acids is 2. The van der Waals surface area contributed by atoms with Crippen molar-refractivity contribution in [2.75, 3.05) is 39.9 Å². The number of alkyl halides is 6. The number of amides is 1. The van der Waals surface area contributed by atoms with E-state index in [1.807, 2.05) is 4.90 Å². The van der Waals surface area contributed by atoms with Crippen molar-refractivity contribution in [1.82, 2.24) is 20.0 Å². The highest BCUT2D eigenvalue weighted by Crippen LogP contribution is 2.33. The summed E-state index contributed by atoms with van der Waals surface area (Å²) in [5.41, 5.74) is 0.135. The van der Waals surface area contributed by atoms with E-state index in [2.05, 4.69) is 36.0 Å². The van der Waals surface area contributed by atoms with Crippen molar-refractivity contribution in [1.29, 1.82) is 0 Å². The minimum atomic E-state index is -5.08. The molecule has 0 saturated carbocycles. The summed E-state index contributed by atoms with van der Waals surface area (Å²) in [5.74, 6) is -5.55. The number of aromatic amines is 1. The Bertz CT molecular complexity index is 887. The first-order valence-electron chi connectivity index (χ1n) is 11.2. The molecule has 2 unspecified atom stereocenters. The molecule has 1 spiro atoms. The number of halogens is 6. The van der Waals surface area contributed by atoms with E-state index in [0.29, 0.717) is 38.0 Å². The maximum absolute atomic E-state index is 12.6. The summed E-state index contributed by atoms with van der Waals surface area (Å²) in [5, 5.41) is 20.9. The normalized spacial score (nSPS) is 21.9. The average Bonchev–Trinajstić information content (AvgIpc) is 3.40. The number of ether oxygens (including phenoxy) is 2. The van der Waals surface area contributed by atoms with Gasteiger partial charge in [0.05, 0.1) is 25.9 Å². The molecule has 3 N–H and O–H groups in total. The summed E-state index contributed by atoms with van der Waals surface area (Å²) in [6.45, 7) is 7.54. The van der Waals surface area contributed by atoms with Gasteiger partial charge < -0.3 is 29.5 Å². The van der Waals surface area contributed by atoms with Gasteiger partial charge in [0.25, 0.3) is 5.91 Å². The number of rotatable bonds is 4. The van der Waals surface area contributed by atoms with E-state index in [0.717, 1.165) is 19.4 Å². The molecule has 1 aromatic rings. The number of hydrogen-bond acceptors (Lipinski definition) is 7. The summed E-state index contributed by atoms with van der Waals surface area (Å²) in [4.78, 5) is 34.6. The number of aliphatic carboxylic acids is 2. The Labute approximate surface area is 213 Å². The van der Waals surface area contributed by atoms with Gasteiger partial charge in [-0.2, -0.15) is 31.4 Å². The SMILES string of the molecule is CC(C)N(C)CC1CCC2(COCCN(C(=O)c3ccn[nH]3)C2)O1.O=C(O)C(F)(F)F.O=C(O)C(F)(F)F. The molecule has 0 aliphatic carbocycles. The van der Waals surface area contributed by atoms with Crippen LogP contribution in [0.25, 0.3) is 0 Å². The molecule has 3 heterocycles. The Morgan fingerprint density at radius 3 is 2.18 bits per heavy atom. The number of likely N-dealkylation sites (N-methyl/N-ethyl adjacent to an activating group) is 1. The highest BCUT2D eigenvalue weighted by molar-refractivity contribution is 5.92. The average molecular weight is 564 g/mol. The van der Waals surface area contributed by atoms with Crippen LogP contribution >= 0.6 is 0 Å². The fourth-order valence-corrected chi connectivity index (χ4v) is 3.40. The van der Waals surface area contributed by atoms with E-state index in [-0.39, 0.29) is 17.6 Å². The van der Waals surface area contributed by atoms with Crippen molar-refractivity contribution < 1.29 is 60.4 Å².